The van der Waals surface area contributed by atoms with E-state index in [9.17, 15) is 14.0 Å². The van der Waals surface area contributed by atoms with Crippen LogP contribution in [-0.2, 0) is 16.1 Å². The molecule has 2 aromatic carbocycles. The van der Waals surface area contributed by atoms with Crippen LogP contribution in [0.1, 0.15) is 60.6 Å². The van der Waals surface area contributed by atoms with Gasteiger partial charge in [-0.05, 0) is 80.3 Å². The Morgan fingerprint density at radius 3 is 2.48 bits per heavy atom. The van der Waals surface area contributed by atoms with Crippen LogP contribution in [0.3, 0.4) is 0 Å². The van der Waals surface area contributed by atoms with Crippen molar-refractivity contribution in [2.24, 2.45) is 0 Å². The van der Waals surface area contributed by atoms with Crippen LogP contribution in [0.25, 0.3) is 11.6 Å². The van der Waals surface area contributed by atoms with Gasteiger partial charge in [-0.3, -0.25) is 14.5 Å². The smallest absolute Gasteiger partial charge is 0.251 e. The lowest BCUT2D eigenvalue weighted by Gasteiger charge is -2.34. The van der Waals surface area contributed by atoms with E-state index < -0.39 is 17.8 Å². The summed E-state index contributed by atoms with van der Waals surface area (Å²) in [7, 11) is 0. The van der Waals surface area contributed by atoms with Crippen molar-refractivity contribution in [3.63, 3.8) is 0 Å². The van der Waals surface area contributed by atoms with Gasteiger partial charge >= 0.3 is 0 Å². The Morgan fingerprint density at radius 2 is 1.80 bits per heavy atom. The van der Waals surface area contributed by atoms with Gasteiger partial charge in [0.15, 0.2) is 5.76 Å². The van der Waals surface area contributed by atoms with Gasteiger partial charge in [0.2, 0.25) is 11.7 Å². The Hall–Kier alpha value is -4.34. The number of amides is 2. The lowest BCUT2D eigenvalue weighted by Crippen LogP contribution is -2.48. The minimum atomic E-state index is -1.04. The molecule has 2 aromatic heterocycles. The summed E-state index contributed by atoms with van der Waals surface area (Å²) < 4.78 is 19.5. The highest BCUT2D eigenvalue weighted by Gasteiger charge is 2.35. The summed E-state index contributed by atoms with van der Waals surface area (Å²) in [5.74, 6) is 0.244. The number of carbonyl (C=O) groups excluding carboxylic acids is 2. The van der Waals surface area contributed by atoms with E-state index in [2.05, 4.69) is 20.7 Å². The second kappa shape index (κ2) is 11.8. The first-order chi connectivity index (χ1) is 19.3. The summed E-state index contributed by atoms with van der Waals surface area (Å²) >= 11 is 0. The van der Waals surface area contributed by atoms with E-state index in [1.165, 1.54) is 21.8 Å². The maximum atomic E-state index is 14.1. The topological polar surface area (TPSA) is 106 Å². The lowest BCUT2D eigenvalue weighted by molar-refractivity contribution is -0.127. The number of rotatable bonds is 8. The first kappa shape index (κ1) is 27.2. The predicted molar refractivity (Wildman–Crippen MR) is 148 cm³/mol. The summed E-state index contributed by atoms with van der Waals surface area (Å²) in [5.41, 5.74) is 2.92. The van der Waals surface area contributed by atoms with Crippen LogP contribution in [-0.4, -0.2) is 38.1 Å². The molecule has 4 aromatic rings. The van der Waals surface area contributed by atoms with Gasteiger partial charge in [0.25, 0.3) is 5.91 Å². The van der Waals surface area contributed by atoms with Crippen molar-refractivity contribution in [1.82, 2.24) is 25.5 Å². The molecule has 0 saturated heterocycles. The van der Waals surface area contributed by atoms with Crippen LogP contribution in [0.2, 0.25) is 0 Å². The van der Waals surface area contributed by atoms with Crippen molar-refractivity contribution in [2.75, 3.05) is 4.90 Å². The molecule has 0 spiro atoms. The average molecular weight is 545 g/mol. The molecular weight excluding hydrogens is 511 g/mol. The first-order valence-electron chi connectivity index (χ1n) is 13.6. The Labute approximate surface area is 232 Å². The molecular formula is C30H33FN6O3. The highest BCUT2D eigenvalue weighted by molar-refractivity contribution is 6.01. The van der Waals surface area contributed by atoms with Crippen LogP contribution in [0.5, 0.6) is 0 Å². The molecule has 0 aliphatic heterocycles. The highest BCUT2D eigenvalue weighted by Crippen LogP contribution is 2.32. The van der Waals surface area contributed by atoms with Crippen LogP contribution in [0.15, 0.2) is 59.0 Å². The minimum absolute atomic E-state index is 0.0246. The molecule has 208 valence electrons. The minimum Gasteiger partial charge on any atom is -0.458 e. The van der Waals surface area contributed by atoms with E-state index in [-0.39, 0.29) is 24.3 Å². The van der Waals surface area contributed by atoms with Crippen LogP contribution < -0.4 is 10.2 Å². The Bertz CT molecular complexity index is 1490. The van der Waals surface area contributed by atoms with E-state index >= 15 is 0 Å². The number of benzene rings is 2. The Balaban J connectivity index is 1.53. The first-order valence-corrected chi connectivity index (χ1v) is 13.6. The molecule has 2 heterocycles. The maximum absolute atomic E-state index is 14.1. The Kier molecular flexibility index (Phi) is 8.04. The van der Waals surface area contributed by atoms with Gasteiger partial charge < -0.3 is 9.73 Å². The molecule has 0 bridgehead atoms. The molecule has 0 radical (unpaired) electrons. The molecule has 0 unspecified atom stereocenters. The van der Waals surface area contributed by atoms with Crippen molar-refractivity contribution in [2.45, 2.75) is 71.5 Å². The fourth-order valence-corrected chi connectivity index (χ4v) is 5.24. The molecule has 10 heteroatoms. The van der Waals surface area contributed by atoms with Crippen molar-refractivity contribution >= 4 is 17.5 Å². The average Bonchev–Trinajstić information content (AvgIpc) is 3.58. The number of anilines is 1. The van der Waals surface area contributed by atoms with E-state index in [0.29, 0.717) is 22.8 Å². The summed E-state index contributed by atoms with van der Waals surface area (Å²) in [5, 5.41) is 15.6. The molecule has 1 aliphatic carbocycles. The predicted octanol–water partition coefficient (Wildman–Crippen LogP) is 5.22. The monoisotopic (exact) mass is 544 g/mol. The summed E-state index contributed by atoms with van der Waals surface area (Å²) in [6, 6.07) is 13.9. The third kappa shape index (κ3) is 6.11. The maximum Gasteiger partial charge on any atom is 0.251 e. The fourth-order valence-electron chi connectivity index (χ4n) is 5.24. The number of halogens is 1. The Morgan fingerprint density at radius 1 is 1.05 bits per heavy atom. The second-order valence-corrected chi connectivity index (χ2v) is 10.4. The quantitative estimate of drug-likeness (QED) is 0.326. The van der Waals surface area contributed by atoms with Crippen LogP contribution in [0.4, 0.5) is 10.1 Å². The van der Waals surface area contributed by atoms with E-state index in [0.717, 1.165) is 43.2 Å². The largest absolute Gasteiger partial charge is 0.458 e. The van der Waals surface area contributed by atoms with Crippen LogP contribution in [0, 0.1) is 26.6 Å². The molecule has 9 nitrogen and oxygen atoms in total. The van der Waals surface area contributed by atoms with Crippen LogP contribution >= 0.6 is 0 Å². The molecule has 5 rings (SSSR count). The summed E-state index contributed by atoms with van der Waals surface area (Å²) in [6.07, 6.45) is 5.00. The molecule has 40 heavy (non-hydrogen) atoms. The second-order valence-electron chi connectivity index (χ2n) is 10.4. The van der Waals surface area contributed by atoms with Crippen molar-refractivity contribution in [3.8, 4) is 11.6 Å². The van der Waals surface area contributed by atoms with Crippen molar-refractivity contribution in [3.05, 3.63) is 82.9 Å². The van der Waals surface area contributed by atoms with E-state index in [1.54, 1.807) is 24.3 Å². The van der Waals surface area contributed by atoms with Gasteiger partial charge in [-0.25, -0.2) is 4.39 Å². The lowest BCUT2D eigenvalue weighted by atomic mass is 9.94. The van der Waals surface area contributed by atoms with Gasteiger partial charge in [-0.15, -0.1) is 10.2 Å². The van der Waals surface area contributed by atoms with E-state index in [4.69, 9.17) is 4.42 Å². The summed E-state index contributed by atoms with van der Waals surface area (Å²) in [4.78, 5) is 30.7. The number of hydrogen-bond donors (Lipinski definition) is 1. The fraction of sp³-hybridized carbons (Fsp3) is 0.367. The number of hydrogen-bond acceptors (Lipinski definition) is 6. The van der Waals surface area contributed by atoms with Gasteiger partial charge in [0, 0.05) is 11.7 Å². The number of nitrogens with one attached hydrogen (secondary N) is 1. The molecule has 1 aliphatic rings. The zero-order valence-electron chi connectivity index (χ0n) is 22.9. The standard InChI is InChI=1S/C30H33FN6O3/c1-19-9-15-25(20(2)17-19)37(27(38)18-36-34-29(33-35-36)26-16-10-21(3)40-26)28(22-11-13-23(31)14-12-22)30(39)32-24-7-5-4-6-8-24/h9-17,24,28H,4-8,18H2,1-3H3,(H,32,39)/t28-/m0/s1. The number of carbonyl (C=O) groups is 2. The molecule has 1 saturated carbocycles. The van der Waals surface area contributed by atoms with Crippen molar-refractivity contribution in [1.29, 1.82) is 0 Å². The molecule has 1 N–H and O–H groups in total. The third-order valence-electron chi connectivity index (χ3n) is 7.21. The van der Waals surface area contributed by atoms with Gasteiger partial charge in [0.1, 0.15) is 24.2 Å². The number of nitrogens with zero attached hydrogens (tertiary/aromatic N) is 5. The number of aryl methyl sites for hydroxylation is 3. The molecule has 1 fully saturated rings. The number of aromatic nitrogens is 4. The van der Waals surface area contributed by atoms with Crippen molar-refractivity contribution < 1.29 is 18.4 Å². The summed E-state index contributed by atoms with van der Waals surface area (Å²) in [6.45, 7) is 5.41. The molecule has 1 atom stereocenters. The zero-order valence-corrected chi connectivity index (χ0v) is 22.9. The number of furan rings is 1. The van der Waals surface area contributed by atoms with Gasteiger partial charge in [-0.1, -0.05) is 49.1 Å². The SMILES string of the molecule is Cc1ccc(N(C(=O)Cn2nnc(-c3ccc(C)o3)n2)[C@H](C(=O)NC2CCCCC2)c2ccc(F)cc2)c(C)c1. The normalized spacial score (nSPS) is 14.6. The molecule has 2 amide bonds. The van der Waals surface area contributed by atoms with Gasteiger partial charge in [0.05, 0.1) is 0 Å². The zero-order chi connectivity index (χ0) is 28.2. The van der Waals surface area contributed by atoms with E-state index in [1.807, 2.05) is 39.0 Å². The van der Waals surface area contributed by atoms with Gasteiger partial charge in [-0.2, -0.15) is 4.80 Å². The number of tetrazole rings is 1. The third-order valence-corrected chi connectivity index (χ3v) is 7.21. The highest BCUT2D eigenvalue weighted by atomic mass is 19.1.